The molecule has 0 unspecified atom stereocenters. The number of fused-ring (bicyclic) bond motifs is 1. The summed E-state index contributed by atoms with van der Waals surface area (Å²) in [5.41, 5.74) is 2.72. The smallest absolute Gasteiger partial charge is 0.410 e. The van der Waals surface area contributed by atoms with E-state index in [9.17, 15) is 9.59 Å². The summed E-state index contributed by atoms with van der Waals surface area (Å²) in [6.07, 6.45) is 1.63. The summed E-state index contributed by atoms with van der Waals surface area (Å²) < 4.78 is 11.9. The predicted octanol–water partition coefficient (Wildman–Crippen LogP) is 5.40. The summed E-state index contributed by atoms with van der Waals surface area (Å²) in [6.45, 7) is 9.39. The van der Waals surface area contributed by atoms with Gasteiger partial charge in [-0.05, 0) is 57.4 Å². The normalized spacial score (nSPS) is 14.4. The molecule has 1 atom stereocenters. The van der Waals surface area contributed by atoms with Crippen LogP contribution >= 0.6 is 0 Å². The fourth-order valence-corrected chi connectivity index (χ4v) is 4.52. The molecule has 9 heteroatoms. The number of benzene rings is 2. The maximum Gasteiger partial charge on any atom is 0.410 e. The average molecular weight is 546 g/mol. The van der Waals surface area contributed by atoms with Crippen molar-refractivity contribution in [1.29, 1.82) is 0 Å². The van der Waals surface area contributed by atoms with Crippen LogP contribution in [0.2, 0.25) is 0 Å². The summed E-state index contributed by atoms with van der Waals surface area (Å²) in [4.78, 5) is 40.1. The summed E-state index contributed by atoms with van der Waals surface area (Å²) in [6, 6.07) is 17.9. The first kappa shape index (κ1) is 29.0. The Hall–Kier alpha value is -3.98. The zero-order valence-corrected chi connectivity index (χ0v) is 24.3. The molecule has 2 amide bonds. The van der Waals surface area contributed by atoms with Crippen molar-refractivity contribution in [3.05, 3.63) is 83.3 Å². The summed E-state index contributed by atoms with van der Waals surface area (Å²) >= 11 is 0. The number of anilines is 2. The Balaban J connectivity index is 1.47. The lowest BCUT2D eigenvalue weighted by Gasteiger charge is -2.26. The van der Waals surface area contributed by atoms with Gasteiger partial charge in [-0.25, -0.2) is 14.8 Å². The zero-order valence-electron chi connectivity index (χ0n) is 24.3. The number of nitrogens with zero attached hydrogens (tertiary/aromatic N) is 5. The van der Waals surface area contributed by atoms with Gasteiger partial charge in [0.05, 0.1) is 12.7 Å². The van der Waals surface area contributed by atoms with Crippen molar-refractivity contribution in [1.82, 2.24) is 14.9 Å². The minimum atomic E-state index is -0.552. The van der Waals surface area contributed by atoms with Gasteiger partial charge in [-0.2, -0.15) is 0 Å². The highest BCUT2D eigenvalue weighted by Gasteiger charge is 2.28. The maximum atomic E-state index is 13.5. The molecule has 0 aliphatic carbocycles. The van der Waals surface area contributed by atoms with Crippen LogP contribution in [0.1, 0.15) is 60.6 Å². The van der Waals surface area contributed by atoms with Crippen molar-refractivity contribution >= 4 is 23.5 Å². The molecule has 0 fully saturated rings. The van der Waals surface area contributed by atoms with Gasteiger partial charge in [0, 0.05) is 45.6 Å². The topological polar surface area (TPSA) is 88.1 Å². The van der Waals surface area contributed by atoms with Crippen molar-refractivity contribution in [2.75, 3.05) is 43.5 Å². The number of ether oxygens (including phenoxy) is 2. The van der Waals surface area contributed by atoms with E-state index in [0.717, 1.165) is 16.8 Å². The number of carbonyl (C=O) groups is 2. The highest BCUT2D eigenvalue weighted by Crippen LogP contribution is 2.28. The van der Waals surface area contributed by atoms with Gasteiger partial charge >= 0.3 is 6.09 Å². The molecule has 1 aliphatic heterocycles. The van der Waals surface area contributed by atoms with E-state index >= 15 is 0 Å². The summed E-state index contributed by atoms with van der Waals surface area (Å²) in [5, 5.41) is 0. The van der Waals surface area contributed by atoms with Gasteiger partial charge in [0.15, 0.2) is 0 Å². The van der Waals surface area contributed by atoms with Crippen LogP contribution < -0.4 is 9.80 Å². The Labute approximate surface area is 236 Å². The van der Waals surface area contributed by atoms with E-state index in [1.165, 1.54) is 0 Å². The van der Waals surface area contributed by atoms with Crippen LogP contribution in [0.5, 0.6) is 0 Å². The number of aryl methyl sites for hydroxylation is 1. The average Bonchev–Trinajstić information content (AvgIpc) is 3.04. The van der Waals surface area contributed by atoms with Crippen LogP contribution in [0.25, 0.3) is 0 Å². The molecule has 0 radical (unpaired) electrons. The summed E-state index contributed by atoms with van der Waals surface area (Å²) in [5.74, 6) is 1.17. The van der Waals surface area contributed by atoms with Crippen molar-refractivity contribution < 1.29 is 19.1 Å². The zero-order chi connectivity index (χ0) is 28.9. The molecule has 2 heterocycles. The first-order chi connectivity index (χ1) is 19.0. The second-order valence-corrected chi connectivity index (χ2v) is 11.1. The molecule has 40 heavy (non-hydrogen) atoms. The Morgan fingerprint density at radius 3 is 2.58 bits per heavy atom. The third-order valence-corrected chi connectivity index (χ3v) is 6.66. The van der Waals surface area contributed by atoms with Crippen LogP contribution in [0.3, 0.4) is 0 Å². The lowest BCUT2D eigenvalue weighted by atomic mass is 10.1. The molecule has 212 valence electrons. The standard InChI is InChI=1S/C31H39N5O4/c1-22-32-20-26-28(33-22)34(5)17-18-36(29(26)37)25-14-10-11-23(19-25)21-39-27(24-12-8-7-9-13-24)15-16-35(6)30(38)40-31(2,3)4/h7-14,19-20,27H,15-18,21H2,1-6H3/t27-/m1/s1. The van der Waals surface area contributed by atoms with Gasteiger partial charge < -0.3 is 24.2 Å². The highest BCUT2D eigenvalue weighted by molar-refractivity contribution is 6.09. The van der Waals surface area contributed by atoms with Crippen molar-refractivity contribution in [2.24, 2.45) is 0 Å². The van der Waals surface area contributed by atoms with Crippen LogP contribution in [0.15, 0.2) is 60.8 Å². The second-order valence-electron chi connectivity index (χ2n) is 11.1. The van der Waals surface area contributed by atoms with Gasteiger partial charge in [0.25, 0.3) is 5.91 Å². The molecule has 3 aromatic rings. The molecular weight excluding hydrogens is 506 g/mol. The van der Waals surface area contributed by atoms with Gasteiger partial charge in [-0.1, -0.05) is 42.5 Å². The van der Waals surface area contributed by atoms with E-state index in [0.29, 0.717) is 49.9 Å². The molecule has 0 bridgehead atoms. The minimum Gasteiger partial charge on any atom is -0.444 e. The molecular formula is C31H39N5O4. The number of likely N-dealkylation sites (N-methyl/N-ethyl adjacent to an activating group) is 1. The van der Waals surface area contributed by atoms with E-state index in [-0.39, 0.29) is 18.1 Å². The van der Waals surface area contributed by atoms with Gasteiger partial charge in [-0.15, -0.1) is 0 Å². The quantitative estimate of drug-likeness (QED) is 0.375. The van der Waals surface area contributed by atoms with Gasteiger partial charge in [0.2, 0.25) is 0 Å². The third kappa shape index (κ3) is 7.35. The molecule has 2 aromatic carbocycles. The number of amides is 2. The molecule has 0 spiro atoms. The van der Waals surface area contributed by atoms with E-state index in [2.05, 4.69) is 9.97 Å². The molecule has 4 rings (SSSR count). The maximum absolute atomic E-state index is 13.5. The lowest BCUT2D eigenvalue weighted by Crippen LogP contribution is -2.35. The van der Waals surface area contributed by atoms with Crippen molar-refractivity contribution in [3.8, 4) is 0 Å². The van der Waals surface area contributed by atoms with Crippen LogP contribution in [0, 0.1) is 6.92 Å². The van der Waals surface area contributed by atoms with E-state index in [4.69, 9.17) is 9.47 Å². The Kier molecular flexibility index (Phi) is 9.04. The minimum absolute atomic E-state index is 0.121. The lowest BCUT2D eigenvalue weighted by molar-refractivity contribution is 0.0137. The number of rotatable bonds is 8. The van der Waals surface area contributed by atoms with E-state index < -0.39 is 5.60 Å². The molecule has 9 nitrogen and oxygen atoms in total. The fourth-order valence-electron chi connectivity index (χ4n) is 4.52. The third-order valence-electron chi connectivity index (χ3n) is 6.66. The number of aromatic nitrogens is 2. The van der Waals surface area contributed by atoms with E-state index in [1.54, 1.807) is 23.0 Å². The molecule has 1 aliphatic rings. The first-order valence-electron chi connectivity index (χ1n) is 13.6. The predicted molar refractivity (Wildman–Crippen MR) is 156 cm³/mol. The monoisotopic (exact) mass is 545 g/mol. The molecule has 1 aromatic heterocycles. The number of carbonyl (C=O) groups excluding carboxylic acids is 2. The first-order valence-corrected chi connectivity index (χ1v) is 13.6. The second kappa shape index (κ2) is 12.5. The van der Waals surface area contributed by atoms with Crippen molar-refractivity contribution in [3.63, 3.8) is 0 Å². The Bertz CT molecular complexity index is 1320. The van der Waals surface area contributed by atoms with Crippen LogP contribution in [0.4, 0.5) is 16.3 Å². The SMILES string of the molecule is Cc1ncc2c(n1)N(C)CCN(c1cccc(CO[C@H](CCN(C)C(=O)OC(C)(C)C)c3ccccc3)c1)C2=O. The van der Waals surface area contributed by atoms with Gasteiger partial charge in [-0.3, -0.25) is 4.79 Å². The molecule has 0 N–H and O–H groups in total. The van der Waals surface area contributed by atoms with Crippen LogP contribution in [-0.2, 0) is 16.1 Å². The van der Waals surface area contributed by atoms with Gasteiger partial charge in [0.1, 0.15) is 22.8 Å². The Morgan fingerprint density at radius 1 is 1.10 bits per heavy atom. The molecule has 0 saturated carbocycles. The fraction of sp³-hybridized carbons (Fsp3) is 0.419. The Morgan fingerprint density at radius 2 is 1.85 bits per heavy atom. The summed E-state index contributed by atoms with van der Waals surface area (Å²) in [7, 11) is 3.68. The van der Waals surface area contributed by atoms with E-state index in [1.807, 2.05) is 94.2 Å². The highest BCUT2D eigenvalue weighted by atomic mass is 16.6. The molecule has 0 saturated heterocycles. The van der Waals surface area contributed by atoms with Crippen LogP contribution in [-0.4, -0.2) is 66.2 Å². The number of hydrogen-bond donors (Lipinski definition) is 0. The van der Waals surface area contributed by atoms with Crippen molar-refractivity contribution in [2.45, 2.75) is 52.4 Å². The largest absolute Gasteiger partial charge is 0.444 e. The number of hydrogen-bond acceptors (Lipinski definition) is 7.